The van der Waals surface area contributed by atoms with Crippen LogP contribution in [0.15, 0.2) is 53.9 Å². The summed E-state index contributed by atoms with van der Waals surface area (Å²) in [6, 6.07) is 15.0. The van der Waals surface area contributed by atoms with Gasteiger partial charge in [-0.15, -0.1) is 11.3 Å². The van der Waals surface area contributed by atoms with Gasteiger partial charge in [-0.1, -0.05) is 18.2 Å². The summed E-state index contributed by atoms with van der Waals surface area (Å²) < 4.78 is 11.1. The lowest BCUT2D eigenvalue weighted by molar-refractivity contribution is 0.102. The lowest BCUT2D eigenvalue weighted by Crippen LogP contribution is -2.12. The van der Waals surface area contributed by atoms with Crippen molar-refractivity contribution >= 4 is 22.9 Å². The van der Waals surface area contributed by atoms with Crippen molar-refractivity contribution in [2.24, 2.45) is 0 Å². The Morgan fingerprint density at radius 2 is 1.88 bits per heavy atom. The van der Waals surface area contributed by atoms with Gasteiger partial charge >= 0.3 is 0 Å². The highest BCUT2D eigenvalue weighted by atomic mass is 32.1. The van der Waals surface area contributed by atoms with Gasteiger partial charge in [-0.25, -0.2) is 4.98 Å². The summed E-state index contributed by atoms with van der Waals surface area (Å²) >= 11 is 1.41. The Balaban J connectivity index is 1.80. The highest BCUT2D eigenvalue weighted by molar-refractivity contribution is 7.13. The zero-order valence-corrected chi connectivity index (χ0v) is 15.7. The molecule has 0 aliphatic heterocycles. The molecule has 6 heteroatoms. The van der Waals surface area contributed by atoms with Crippen LogP contribution in [0.25, 0.3) is 10.6 Å². The molecule has 0 saturated heterocycles. The quantitative estimate of drug-likeness (QED) is 0.675. The first-order chi connectivity index (χ1) is 12.6. The predicted molar refractivity (Wildman–Crippen MR) is 104 cm³/mol. The van der Waals surface area contributed by atoms with Gasteiger partial charge in [-0.2, -0.15) is 0 Å². The van der Waals surface area contributed by atoms with Crippen molar-refractivity contribution in [2.45, 2.75) is 20.0 Å². The van der Waals surface area contributed by atoms with Crippen molar-refractivity contribution in [3.05, 3.63) is 59.6 Å². The molecule has 0 unspecified atom stereocenters. The minimum Gasteiger partial charge on any atom is -0.493 e. The van der Waals surface area contributed by atoms with Crippen molar-refractivity contribution in [2.75, 3.05) is 12.4 Å². The topological polar surface area (TPSA) is 60.5 Å². The van der Waals surface area contributed by atoms with Gasteiger partial charge in [-0.3, -0.25) is 4.79 Å². The Morgan fingerprint density at radius 1 is 1.12 bits per heavy atom. The van der Waals surface area contributed by atoms with Gasteiger partial charge < -0.3 is 14.8 Å². The summed E-state index contributed by atoms with van der Waals surface area (Å²) in [5.41, 5.74) is 2.00. The molecule has 1 N–H and O–H groups in total. The van der Waals surface area contributed by atoms with Gasteiger partial charge in [0.15, 0.2) is 11.5 Å². The Kier molecular flexibility index (Phi) is 5.53. The fourth-order valence-electron chi connectivity index (χ4n) is 2.38. The van der Waals surface area contributed by atoms with Gasteiger partial charge in [0, 0.05) is 16.6 Å². The summed E-state index contributed by atoms with van der Waals surface area (Å²) in [6.45, 7) is 3.93. The number of benzene rings is 2. The maximum absolute atomic E-state index is 12.3. The van der Waals surface area contributed by atoms with Gasteiger partial charge in [-0.05, 0) is 44.2 Å². The lowest BCUT2D eigenvalue weighted by atomic mass is 10.2. The van der Waals surface area contributed by atoms with Crippen LogP contribution in [-0.4, -0.2) is 24.1 Å². The third-order valence-electron chi connectivity index (χ3n) is 3.54. The molecule has 0 aliphatic rings. The van der Waals surface area contributed by atoms with Crippen molar-refractivity contribution in [1.82, 2.24) is 4.98 Å². The molecular formula is C20H20N2O3S. The molecule has 134 valence electrons. The summed E-state index contributed by atoms with van der Waals surface area (Å²) in [5.74, 6) is 1.09. The molecule has 1 aromatic heterocycles. The first kappa shape index (κ1) is 17.9. The van der Waals surface area contributed by atoms with Gasteiger partial charge in [0.2, 0.25) is 0 Å². The number of rotatable bonds is 6. The number of hydrogen-bond donors (Lipinski definition) is 1. The second kappa shape index (κ2) is 8.01. The van der Waals surface area contributed by atoms with E-state index in [4.69, 9.17) is 9.47 Å². The highest BCUT2D eigenvalue weighted by Crippen LogP contribution is 2.34. The number of thiazole rings is 1. The number of amides is 1. The van der Waals surface area contributed by atoms with Crippen molar-refractivity contribution < 1.29 is 14.3 Å². The number of ether oxygens (including phenoxy) is 2. The fourth-order valence-corrected chi connectivity index (χ4v) is 3.18. The predicted octanol–water partition coefficient (Wildman–Crippen LogP) is 4.86. The molecule has 0 fully saturated rings. The van der Waals surface area contributed by atoms with Crippen molar-refractivity contribution in [3.63, 3.8) is 0 Å². The average Bonchev–Trinajstić information content (AvgIpc) is 3.13. The Bertz CT molecular complexity index is 891. The number of carbonyl (C=O) groups excluding carboxylic acids is 1. The molecule has 3 aromatic rings. The number of hydrogen-bond acceptors (Lipinski definition) is 5. The maximum atomic E-state index is 12.3. The molecule has 26 heavy (non-hydrogen) atoms. The molecule has 0 aliphatic carbocycles. The number of carbonyl (C=O) groups is 1. The first-order valence-corrected chi connectivity index (χ1v) is 9.12. The van der Waals surface area contributed by atoms with Crippen LogP contribution in [0.1, 0.15) is 24.3 Å². The number of nitrogens with one attached hydrogen (secondary N) is 1. The summed E-state index contributed by atoms with van der Waals surface area (Å²) in [4.78, 5) is 16.8. The molecule has 1 heterocycles. The Labute approximate surface area is 156 Å². The van der Waals surface area contributed by atoms with Crippen LogP contribution in [-0.2, 0) is 0 Å². The van der Waals surface area contributed by atoms with E-state index >= 15 is 0 Å². The smallest absolute Gasteiger partial charge is 0.275 e. The van der Waals surface area contributed by atoms with E-state index in [2.05, 4.69) is 10.3 Å². The fraction of sp³-hybridized carbons (Fsp3) is 0.200. The third kappa shape index (κ3) is 4.21. The van der Waals surface area contributed by atoms with Crippen LogP contribution in [0.2, 0.25) is 0 Å². The minimum absolute atomic E-state index is 0.0582. The molecule has 0 radical (unpaired) electrons. The Morgan fingerprint density at radius 3 is 2.58 bits per heavy atom. The molecule has 0 bridgehead atoms. The van der Waals surface area contributed by atoms with Crippen LogP contribution < -0.4 is 14.8 Å². The number of para-hydroxylation sites is 1. The lowest BCUT2D eigenvalue weighted by Gasteiger charge is -2.14. The van der Waals surface area contributed by atoms with Gasteiger partial charge in [0.25, 0.3) is 5.91 Å². The maximum Gasteiger partial charge on any atom is 0.275 e. The molecular weight excluding hydrogens is 348 g/mol. The number of methoxy groups -OCH3 is 1. The van der Waals surface area contributed by atoms with E-state index in [9.17, 15) is 4.79 Å². The second-order valence-electron chi connectivity index (χ2n) is 5.89. The van der Waals surface area contributed by atoms with E-state index in [-0.39, 0.29) is 12.0 Å². The van der Waals surface area contributed by atoms with E-state index < -0.39 is 0 Å². The van der Waals surface area contributed by atoms with Gasteiger partial charge in [0.1, 0.15) is 10.7 Å². The SMILES string of the molecule is COc1cc(-c2nc(C(=O)Nc3ccccc3)cs2)ccc1OC(C)C. The summed E-state index contributed by atoms with van der Waals surface area (Å²) in [7, 11) is 1.60. The zero-order valence-electron chi connectivity index (χ0n) is 14.9. The molecule has 3 rings (SSSR count). The Hall–Kier alpha value is -2.86. The molecule has 5 nitrogen and oxygen atoms in total. The largest absolute Gasteiger partial charge is 0.493 e. The number of aromatic nitrogens is 1. The minimum atomic E-state index is -0.231. The van der Waals surface area contributed by atoms with Crippen molar-refractivity contribution in [1.29, 1.82) is 0 Å². The van der Waals surface area contributed by atoms with E-state index in [1.54, 1.807) is 12.5 Å². The number of anilines is 1. The zero-order chi connectivity index (χ0) is 18.5. The average molecular weight is 368 g/mol. The number of nitrogens with zero attached hydrogens (tertiary/aromatic N) is 1. The standard InChI is InChI=1S/C20H20N2O3S/c1-13(2)25-17-10-9-14(11-18(17)24-3)20-22-16(12-26-20)19(23)21-15-7-5-4-6-8-15/h4-13H,1-3H3,(H,21,23). The monoisotopic (exact) mass is 368 g/mol. The van der Waals surface area contributed by atoms with Crippen LogP contribution in [0, 0.1) is 0 Å². The van der Waals surface area contributed by atoms with Gasteiger partial charge in [0.05, 0.1) is 13.2 Å². The second-order valence-corrected chi connectivity index (χ2v) is 6.75. The van der Waals surface area contributed by atoms with E-state index in [1.807, 2.05) is 62.4 Å². The van der Waals surface area contributed by atoms with Crippen LogP contribution >= 0.6 is 11.3 Å². The summed E-state index contributed by atoms with van der Waals surface area (Å²) in [5, 5.41) is 5.33. The molecule has 2 aromatic carbocycles. The summed E-state index contributed by atoms with van der Waals surface area (Å²) in [6.07, 6.45) is 0.0582. The van der Waals surface area contributed by atoms with Crippen LogP contribution in [0.4, 0.5) is 5.69 Å². The first-order valence-electron chi connectivity index (χ1n) is 8.24. The molecule has 0 atom stereocenters. The third-order valence-corrected chi connectivity index (χ3v) is 4.43. The van der Waals surface area contributed by atoms with E-state index in [1.165, 1.54) is 11.3 Å². The van der Waals surface area contributed by atoms with E-state index in [0.717, 1.165) is 16.3 Å². The normalized spacial score (nSPS) is 10.6. The van der Waals surface area contributed by atoms with Crippen LogP contribution in [0.5, 0.6) is 11.5 Å². The van der Waals surface area contributed by atoms with Crippen molar-refractivity contribution in [3.8, 4) is 22.1 Å². The molecule has 1 amide bonds. The van der Waals surface area contributed by atoms with Crippen LogP contribution in [0.3, 0.4) is 0 Å². The highest BCUT2D eigenvalue weighted by Gasteiger charge is 2.14. The van der Waals surface area contributed by atoms with E-state index in [0.29, 0.717) is 17.2 Å². The molecule has 0 spiro atoms. The molecule has 0 saturated carbocycles.